The van der Waals surface area contributed by atoms with Crippen LogP contribution in [0.15, 0.2) is 0 Å². The minimum atomic E-state index is -0.410. The van der Waals surface area contributed by atoms with Crippen molar-refractivity contribution >= 4 is 6.09 Å². The van der Waals surface area contributed by atoms with Gasteiger partial charge in [-0.05, 0) is 64.7 Å². The van der Waals surface area contributed by atoms with Crippen LogP contribution in [-0.4, -0.2) is 35.7 Å². The number of nitrogens with zero attached hydrogens (tertiary/aromatic N) is 1. The number of hydrogen-bond acceptors (Lipinski definition) is 3. The Morgan fingerprint density at radius 2 is 1.79 bits per heavy atom. The number of rotatable bonds is 2. The Hall–Kier alpha value is -0.770. The van der Waals surface area contributed by atoms with E-state index in [1.54, 1.807) is 0 Å². The number of nitrogens with two attached hydrogens (primary N) is 1. The van der Waals surface area contributed by atoms with Crippen molar-refractivity contribution in [3.63, 3.8) is 0 Å². The maximum absolute atomic E-state index is 12.1. The summed E-state index contributed by atoms with van der Waals surface area (Å²) >= 11 is 0. The molecular formula is C15H28N2O2. The van der Waals surface area contributed by atoms with Gasteiger partial charge in [-0.25, -0.2) is 4.79 Å². The number of carbonyl (C=O) groups excluding carboxylic acids is 1. The molecule has 4 heteroatoms. The van der Waals surface area contributed by atoms with Crippen LogP contribution in [0.1, 0.15) is 52.9 Å². The molecule has 1 saturated heterocycles. The van der Waals surface area contributed by atoms with Crippen molar-refractivity contribution in [3.8, 4) is 0 Å². The van der Waals surface area contributed by atoms with Crippen LogP contribution in [0.25, 0.3) is 0 Å². The first-order valence-corrected chi connectivity index (χ1v) is 7.60. The molecule has 2 unspecified atom stereocenters. The van der Waals surface area contributed by atoms with Gasteiger partial charge in [0.1, 0.15) is 5.60 Å². The standard InChI is InChI=1S/C15H28N2O2/c1-15(2,3)19-14(18)17-9-4-5-11(8-10-17)13(16)12-6-7-12/h11-13H,4-10,16H2,1-3H3. The van der Waals surface area contributed by atoms with E-state index in [0.717, 1.165) is 38.3 Å². The molecule has 0 spiro atoms. The lowest BCUT2D eigenvalue weighted by molar-refractivity contribution is 0.0254. The molecule has 2 fully saturated rings. The normalized spacial score (nSPS) is 26.7. The van der Waals surface area contributed by atoms with Gasteiger partial charge in [0, 0.05) is 19.1 Å². The molecule has 0 aromatic carbocycles. The van der Waals surface area contributed by atoms with Crippen molar-refractivity contribution in [2.24, 2.45) is 17.6 Å². The summed E-state index contributed by atoms with van der Waals surface area (Å²) in [5, 5.41) is 0. The van der Waals surface area contributed by atoms with Gasteiger partial charge in [-0.3, -0.25) is 0 Å². The fraction of sp³-hybridized carbons (Fsp3) is 0.933. The summed E-state index contributed by atoms with van der Waals surface area (Å²) in [6.45, 7) is 7.33. The Labute approximate surface area is 116 Å². The van der Waals surface area contributed by atoms with Crippen LogP contribution < -0.4 is 5.73 Å². The highest BCUT2D eigenvalue weighted by molar-refractivity contribution is 5.68. The van der Waals surface area contributed by atoms with Crippen LogP contribution in [0, 0.1) is 11.8 Å². The molecule has 110 valence electrons. The summed E-state index contributed by atoms with van der Waals surface area (Å²) in [7, 11) is 0. The van der Waals surface area contributed by atoms with E-state index in [-0.39, 0.29) is 6.09 Å². The van der Waals surface area contributed by atoms with E-state index >= 15 is 0 Å². The summed E-state index contributed by atoms with van der Waals surface area (Å²) < 4.78 is 5.44. The van der Waals surface area contributed by atoms with Crippen molar-refractivity contribution in [2.45, 2.75) is 64.5 Å². The number of ether oxygens (including phenoxy) is 1. The third-order valence-corrected chi connectivity index (χ3v) is 4.14. The van der Waals surface area contributed by atoms with Gasteiger partial charge in [-0.15, -0.1) is 0 Å². The number of carbonyl (C=O) groups is 1. The molecule has 0 aromatic rings. The molecule has 0 radical (unpaired) electrons. The maximum atomic E-state index is 12.1. The zero-order valence-corrected chi connectivity index (χ0v) is 12.5. The second-order valence-electron chi connectivity index (χ2n) is 7.07. The van der Waals surface area contributed by atoms with Gasteiger partial charge in [-0.2, -0.15) is 0 Å². The fourth-order valence-electron chi connectivity index (χ4n) is 2.88. The van der Waals surface area contributed by atoms with Gasteiger partial charge >= 0.3 is 6.09 Å². The molecule has 2 aliphatic rings. The molecule has 4 nitrogen and oxygen atoms in total. The third kappa shape index (κ3) is 4.37. The predicted molar refractivity (Wildman–Crippen MR) is 75.8 cm³/mol. The highest BCUT2D eigenvalue weighted by Gasteiger charge is 2.35. The molecule has 2 rings (SSSR count). The Kier molecular flexibility index (Phi) is 4.39. The van der Waals surface area contributed by atoms with Gasteiger partial charge in [0.05, 0.1) is 0 Å². The molecule has 19 heavy (non-hydrogen) atoms. The highest BCUT2D eigenvalue weighted by Crippen LogP contribution is 2.37. The fourth-order valence-corrected chi connectivity index (χ4v) is 2.88. The minimum absolute atomic E-state index is 0.173. The van der Waals surface area contributed by atoms with Crippen LogP contribution in [0.3, 0.4) is 0 Å². The SMILES string of the molecule is CC(C)(C)OC(=O)N1CCCC(C(N)C2CC2)CC1. The molecule has 1 amide bonds. The second kappa shape index (κ2) is 5.70. The lowest BCUT2D eigenvalue weighted by Crippen LogP contribution is -2.38. The van der Waals surface area contributed by atoms with Gasteiger partial charge < -0.3 is 15.4 Å². The summed E-state index contributed by atoms with van der Waals surface area (Å²) in [6.07, 6.45) is 5.65. The van der Waals surface area contributed by atoms with E-state index in [1.165, 1.54) is 12.8 Å². The molecule has 0 bridgehead atoms. The maximum Gasteiger partial charge on any atom is 0.410 e. The lowest BCUT2D eigenvalue weighted by Gasteiger charge is -2.26. The Morgan fingerprint density at radius 3 is 2.37 bits per heavy atom. The Balaban J connectivity index is 1.84. The number of likely N-dealkylation sites (tertiary alicyclic amines) is 1. The zero-order chi connectivity index (χ0) is 14.0. The van der Waals surface area contributed by atoms with Crippen LogP contribution in [0.4, 0.5) is 4.79 Å². The first kappa shape index (κ1) is 14.6. The van der Waals surface area contributed by atoms with Crippen molar-refractivity contribution in [2.75, 3.05) is 13.1 Å². The summed E-state index contributed by atoms with van der Waals surface area (Å²) in [5.74, 6) is 1.33. The van der Waals surface area contributed by atoms with Crippen LogP contribution in [0.2, 0.25) is 0 Å². The molecule has 1 aliphatic carbocycles. The first-order valence-electron chi connectivity index (χ1n) is 7.60. The van der Waals surface area contributed by atoms with Gasteiger partial charge in [0.2, 0.25) is 0 Å². The average Bonchev–Trinajstić information content (AvgIpc) is 3.13. The van der Waals surface area contributed by atoms with Crippen LogP contribution >= 0.6 is 0 Å². The summed E-state index contributed by atoms with van der Waals surface area (Å²) in [5.41, 5.74) is 5.90. The van der Waals surface area contributed by atoms with Crippen molar-refractivity contribution < 1.29 is 9.53 Å². The van der Waals surface area contributed by atoms with Gasteiger partial charge in [-0.1, -0.05) is 0 Å². The second-order valence-corrected chi connectivity index (χ2v) is 7.07. The quantitative estimate of drug-likeness (QED) is 0.838. The molecule has 1 saturated carbocycles. The summed E-state index contributed by atoms with van der Waals surface area (Å²) in [6, 6.07) is 0.346. The number of hydrogen-bond donors (Lipinski definition) is 1. The van der Waals surface area contributed by atoms with E-state index in [2.05, 4.69) is 0 Å². The van der Waals surface area contributed by atoms with Crippen molar-refractivity contribution in [1.82, 2.24) is 4.90 Å². The smallest absolute Gasteiger partial charge is 0.410 e. The van der Waals surface area contributed by atoms with E-state index in [1.807, 2.05) is 25.7 Å². The third-order valence-electron chi connectivity index (χ3n) is 4.14. The first-order chi connectivity index (χ1) is 8.87. The van der Waals surface area contributed by atoms with Gasteiger partial charge in [0.15, 0.2) is 0 Å². The average molecular weight is 268 g/mol. The van der Waals surface area contributed by atoms with Crippen molar-refractivity contribution in [1.29, 1.82) is 0 Å². The molecule has 1 aliphatic heterocycles. The largest absolute Gasteiger partial charge is 0.444 e. The zero-order valence-electron chi connectivity index (χ0n) is 12.5. The molecule has 1 heterocycles. The topological polar surface area (TPSA) is 55.6 Å². The lowest BCUT2D eigenvalue weighted by atomic mass is 9.90. The molecule has 2 atom stereocenters. The summed E-state index contributed by atoms with van der Waals surface area (Å²) in [4.78, 5) is 13.9. The van der Waals surface area contributed by atoms with Crippen LogP contribution in [-0.2, 0) is 4.74 Å². The predicted octanol–water partition coefficient (Wildman–Crippen LogP) is 2.76. The van der Waals surface area contributed by atoms with E-state index in [0.29, 0.717) is 12.0 Å². The Bertz CT molecular complexity index is 321. The van der Waals surface area contributed by atoms with E-state index in [4.69, 9.17) is 10.5 Å². The monoisotopic (exact) mass is 268 g/mol. The van der Waals surface area contributed by atoms with E-state index in [9.17, 15) is 4.79 Å². The van der Waals surface area contributed by atoms with Gasteiger partial charge in [0.25, 0.3) is 0 Å². The highest BCUT2D eigenvalue weighted by atomic mass is 16.6. The molecular weight excluding hydrogens is 240 g/mol. The molecule has 0 aromatic heterocycles. The number of amides is 1. The molecule has 2 N–H and O–H groups in total. The van der Waals surface area contributed by atoms with Crippen molar-refractivity contribution in [3.05, 3.63) is 0 Å². The Morgan fingerprint density at radius 1 is 1.16 bits per heavy atom. The van der Waals surface area contributed by atoms with E-state index < -0.39 is 5.60 Å². The minimum Gasteiger partial charge on any atom is -0.444 e. The van der Waals surface area contributed by atoms with Crippen LogP contribution in [0.5, 0.6) is 0 Å².